The van der Waals surface area contributed by atoms with E-state index in [1.54, 1.807) is 0 Å². The predicted molar refractivity (Wildman–Crippen MR) is 62.7 cm³/mol. The molecule has 0 aromatic carbocycles. The van der Waals surface area contributed by atoms with Crippen molar-refractivity contribution >= 4 is 0 Å². The normalized spacial score (nSPS) is 11.1. The fourth-order valence-electron chi connectivity index (χ4n) is 1.43. The van der Waals surface area contributed by atoms with Crippen LogP contribution >= 0.6 is 0 Å². The smallest absolute Gasteiger partial charge is 0.0518 e. The van der Waals surface area contributed by atoms with Gasteiger partial charge in [-0.1, -0.05) is 25.7 Å². The zero-order valence-corrected chi connectivity index (χ0v) is 10.1. The fourth-order valence-corrected chi connectivity index (χ4v) is 1.43. The van der Waals surface area contributed by atoms with Crippen LogP contribution in [-0.4, -0.2) is 26.3 Å². The summed E-state index contributed by atoms with van der Waals surface area (Å²) in [6, 6.07) is 0. The Bertz CT molecular complexity index is 104. The topological polar surface area (TPSA) is 21.3 Å². The average Bonchev–Trinajstić information content (AvgIpc) is 2.15. The molecule has 1 N–H and O–H groups in total. The molecule has 0 aliphatic carbocycles. The maximum atomic E-state index is 5.48. The standard InChI is InChI=1S/C12H27NO/c1-12(2)14-11-9-7-5-4-6-8-10-13-3/h12-13H,4-11H2,1-3H3. The zero-order valence-electron chi connectivity index (χ0n) is 10.1. The number of ether oxygens (including phenoxy) is 1. The summed E-state index contributed by atoms with van der Waals surface area (Å²) in [6.07, 6.45) is 8.38. The fraction of sp³-hybridized carbons (Fsp3) is 1.00. The van der Waals surface area contributed by atoms with Gasteiger partial charge in [-0.05, 0) is 40.3 Å². The highest BCUT2D eigenvalue weighted by molar-refractivity contribution is 4.47. The van der Waals surface area contributed by atoms with Crippen LogP contribution in [0.3, 0.4) is 0 Å². The summed E-state index contributed by atoms with van der Waals surface area (Å²) in [4.78, 5) is 0. The Balaban J connectivity index is 2.85. The highest BCUT2D eigenvalue weighted by Gasteiger charge is 1.93. The van der Waals surface area contributed by atoms with E-state index in [1.165, 1.54) is 38.5 Å². The van der Waals surface area contributed by atoms with E-state index in [2.05, 4.69) is 19.2 Å². The molecule has 0 rings (SSSR count). The highest BCUT2D eigenvalue weighted by atomic mass is 16.5. The van der Waals surface area contributed by atoms with Gasteiger partial charge >= 0.3 is 0 Å². The van der Waals surface area contributed by atoms with E-state index in [9.17, 15) is 0 Å². The van der Waals surface area contributed by atoms with Crippen molar-refractivity contribution in [3.63, 3.8) is 0 Å². The first kappa shape index (κ1) is 13.9. The molecule has 2 nitrogen and oxygen atoms in total. The molecule has 0 aliphatic heterocycles. The van der Waals surface area contributed by atoms with Gasteiger partial charge in [-0.3, -0.25) is 0 Å². The molecule has 0 spiro atoms. The lowest BCUT2D eigenvalue weighted by Crippen LogP contribution is -2.07. The van der Waals surface area contributed by atoms with Crippen LogP contribution in [0.2, 0.25) is 0 Å². The second-order valence-corrected chi connectivity index (χ2v) is 4.14. The van der Waals surface area contributed by atoms with Crippen molar-refractivity contribution in [2.24, 2.45) is 0 Å². The van der Waals surface area contributed by atoms with Crippen molar-refractivity contribution in [2.45, 2.75) is 58.5 Å². The second-order valence-electron chi connectivity index (χ2n) is 4.14. The molecule has 0 bridgehead atoms. The number of hydrogen-bond acceptors (Lipinski definition) is 2. The van der Waals surface area contributed by atoms with Gasteiger partial charge in [0, 0.05) is 6.61 Å². The van der Waals surface area contributed by atoms with Gasteiger partial charge in [0.15, 0.2) is 0 Å². The first-order valence-corrected chi connectivity index (χ1v) is 6.03. The largest absolute Gasteiger partial charge is 0.379 e. The van der Waals surface area contributed by atoms with Gasteiger partial charge in [-0.2, -0.15) is 0 Å². The first-order chi connectivity index (χ1) is 6.77. The van der Waals surface area contributed by atoms with Crippen LogP contribution in [0.5, 0.6) is 0 Å². The summed E-state index contributed by atoms with van der Waals surface area (Å²) in [5.74, 6) is 0. The van der Waals surface area contributed by atoms with Gasteiger partial charge in [0.05, 0.1) is 6.10 Å². The maximum absolute atomic E-state index is 5.48. The van der Waals surface area contributed by atoms with Crippen LogP contribution in [0, 0.1) is 0 Å². The van der Waals surface area contributed by atoms with Crippen LogP contribution in [0.25, 0.3) is 0 Å². The lowest BCUT2D eigenvalue weighted by molar-refractivity contribution is 0.0757. The summed E-state index contributed by atoms with van der Waals surface area (Å²) in [6.45, 7) is 6.29. The van der Waals surface area contributed by atoms with Gasteiger partial charge < -0.3 is 10.1 Å². The molecule has 0 aliphatic rings. The molecule has 0 unspecified atom stereocenters. The summed E-state index contributed by atoms with van der Waals surface area (Å²) in [7, 11) is 2.02. The molecular weight excluding hydrogens is 174 g/mol. The second kappa shape index (κ2) is 11.0. The number of hydrogen-bond donors (Lipinski definition) is 1. The molecule has 0 radical (unpaired) electrons. The van der Waals surface area contributed by atoms with Gasteiger partial charge in [0.25, 0.3) is 0 Å². The summed E-state index contributed by atoms with van der Waals surface area (Å²) in [5, 5.41) is 3.17. The minimum absolute atomic E-state index is 0.394. The third-order valence-electron chi connectivity index (χ3n) is 2.27. The molecule has 0 saturated carbocycles. The summed E-state index contributed by atoms with van der Waals surface area (Å²) in [5.41, 5.74) is 0. The first-order valence-electron chi connectivity index (χ1n) is 6.03. The third kappa shape index (κ3) is 11.9. The molecule has 14 heavy (non-hydrogen) atoms. The molecule has 0 atom stereocenters. The molecule has 86 valence electrons. The van der Waals surface area contributed by atoms with E-state index >= 15 is 0 Å². The molecule has 0 fully saturated rings. The van der Waals surface area contributed by atoms with Crippen molar-refractivity contribution in [3.8, 4) is 0 Å². The Hall–Kier alpha value is -0.0800. The Kier molecular flexibility index (Phi) is 10.9. The number of nitrogens with one attached hydrogen (secondary N) is 1. The zero-order chi connectivity index (χ0) is 10.6. The molecule has 0 heterocycles. The Labute approximate surface area is 89.4 Å². The highest BCUT2D eigenvalue weighted by Crippen LogP contribution is 2.05. The lowest BCUT2D eigenvalue weighted by atomic mass is 10.1. The monoisotopic (exact) mass is 201 g/mol. The van der Waals surface area contributed by atoms with Gasteiger partial charge in [0.1, 0.15) is 0 Å². The van der Waals surface area contributed by atoms with Crippen molar-refractivity contribution in [1.29, 1.82) is 0 Å². The molecular formula is C12H27NO. The predicted octanol–water partition coefficient (Wildman–Crippen LogP) is 2.97. The Morgan fingerprint density at radius 2 is 1.50 bits per heavy atom. The van der Waals surface area contributed by atoms with E-state index in [0.717, 1.165) is 13.2 Å². The minimum Gasteiger partial charge on any atom is -0.379 e. The van der Waals surface area contributed by atoms with E-state index in [0.29, 0.717) is 6.10 Å². The minimum atomic E-state index is 0.394. The van der Waals surface area contributed by atoms with Crippen LogP contribution in [0.4, 0.5) is 0 Å². The maximum Gasteiger partial charge on any atom is 0.0518 e. The van der Waals surface area contributed by atoms with E-state index in [-0.39, 0.29) is 0 Å². The van der Waals surface area contributed by atoms with Gasteiger partial charge in [-0.25, -0.2) is 0 Å². The third-order valence-corrected chi connectivity index (χ3v) is 2.27. The molecule has 0 saturated heterocycles. The molecule has 0 aromatic heterocycles. The van der Waals surface area contributed by atoms with Crippen LogP contribution in [-0.2, 0) is 4.74 Å². The SMILES string of the molecule is CNCCCCCCCCOC(C)C. The summed E-state index contributed by atoms with van der Waals surface area (Å²) < 4.78 is 5.48. The van der Waals surface area contributed by atoms with Gasteiger partial charge in [-0.15, -0.1) is 0 Å². The van der Waals surface area contributed by atoms with Crippen LogP contribution in [0.1, 0.15) is 52.4 Å². The van der Waals surface area contributed by atoms with Crippen molar-refractivity contribution in [1.82, 2.24) is 5.32 Å². The van der Waals surface area contributed by atoms with E-state index in [1.807, 2.05) is 7.05 Å². The number of unbranched alkanes of at least 4 members (excludes halogenated alkanes) is 5. The molecule has 2 heteroatoms. The molecule has 0 aromatic rings. The van der Waals surface area contributed by atoms with Crippen molar-refractivity contribution in [3.05, 3.63) is 0 Å². The van der Waals surface area contributed by atoms with Crippen molar-refractivity contribution in [2.75, 3.05) is 20.2 Å². The quantitative estimate of drug-likeness (QED) is 0.549. The average molecular weight is 201 g/mol. The van der Waals surface area contributed by atoms with Gasteiger partial charge in [0.2, 0.25) is 0 Å². The molecule has 0 amide bonds. The van der Waals surface area contributed by atoms with Crippen LogP contribution < -0.4 is 5.32 Å². The van der Waals surface area contributed by atoms with Crippen molar-refractivity contribution < 1.29 is 4.74 Å². The van der Waals surface area contributed by atoms with Crippen LogP contribution in [0.15, 0.2) is 0 Å². The van der Waals surface area contributed by atoms with E-state index in [4.69, 9.17) is 4.74 Å². The lowest BCUT2D eigenvalue weighted by Gasteiger charge is -2.06. The Morgan fingerprint density at radius 3 is 2.07 bits per heavy atom. The Morgan fingerprint density at radius 1 is 0.929 bits per heavy atom. The van der Waals surface area contributed by atoms with E-state index < -0.39 is 0 Å². The summed E-state index contributed by atoms with van der Waals surface area (Å²) >= 11 is 0. The number of rotatable bonds is 10.